The van der Waals surface area contributed by atoms with Gasteiger partial charge in [-0.25, -0.2) is 0 Å². The summed E-state index contributed by atoms with van der Waals surface area (Å²) in [5, 5.41) is 2.96. The van der Waals surface area contributed by atoms with Crippen molar-refractivity contribution in [3.63, 3.8) is 0 Å². The van der Waals surface area contributed by atoms with Crippen LogP contribution >= 0.6 is 0 Å². The zero-order chi connectivity index (χ0) is 12.1. The predicted octanol–water partition coefficient (Wildman–Crippen LogP) is 3.14. The van der Waals surface area contributed by atoms with E-state index in [0.29, 0.717) is 0 Å². The number of carbonyl (C=O) groups is 1. The summed E-state index contributed by atoms with van der Waals surface area (Å²) in [5.74, 6) is 0.0588. The van der Waals surface area contributed by atoms with Crippen molar-refractivity contribution in [2.24, 2.45) is 0 Å². The molecule has 0 unspecified atom stereocenters. The molecule has 0 heterocycles. The minimum absolute atomic E-state index is 0.0588. The first-order chi connectivity index (χ1) is 7.56. The zero-order valence-corrected chi connectivity index (χ0v) is 10.7. The number of nitrogens with one attached hydrogen (secondary N) is 1. The average Bonchev–Trinajstić information content (AvgIpc) is 2.16. The topological polar surface area (TPSA) is 29.1 Å². The Labute approximate surface area is 98.1 Å². The number of aryl methyl sites for hydroxylation is 3. The molecule has 2 heteroatoms. The second-order valence-electron chi connectivity index (χ2n) is 4.38. The van der Waals surface area contributed by atoms with Gasteiger partial charge in [0.05, 0.1) is 0 Å². The van der Waals surface area contributed by atoms with Crippen molar-refractivity contribution >= 4 is 5.91 Å². The number of hydrogen-bond donors (Lipinski definition) is 1. The third-order valence-corrected chi connectivity index (χ3v) is 2.72. The van der Waals surface area contributed by atoms with Gasteiger partial charge in [0.15, 0.2) is 0 Å². The van der Waals surface area contributed by atoms with Gasteiger partial charge in [-0.15, -0.1) is 0 Å². The maximum absolute atomic E-state index is 12.0. The summed E-state index contributed by atoms with van der Waals surface area (Å²) >= 11 is 0. The van der Waals surface area contributed by atoms with Crippen LogP contribution in [0.1, 0.15) is 46.8 Å². The first kappa shape index (κ1) is 12.8. The summed E-state index contributed by atoms with van der Waals surface area (Å²) in [6.45, 7) is 8.93. The number of hydrogen-bond acceptors (Lipinski definition) is 1. The fourth-order valence-electron chi connectivity index (χ4n) is 2.01. The Morgan fingerprint density at radius 1 is 1.19 bits per heavy atom. The van der Waals surface area contributed by atoms with E-state index in [9.17, 15) is 4.79 Å². The standard InChI is InChI=1S/C14H21NO/c1-5-6-7-15-14(16)13-11(3)8-10(2)9-12(13)4/h8-9H,5-7H2,1-4H3,(H,15,16). The molecule has 1 aromatic carbocycles. The van der Waals surface area contributed by atoms with Crippen LogP contribution < -0.4 is 5.32 Å². The molecule has 0 aliphatic rings. The van der Waals surface area contributed by atoms with Crippen molar-refractivity contribution in [2.75, 3.05) is 6.54 Å². The van der Waals surface area contributed by atoms with E-state index < -0.39 is 0 Å². The Balaban J connectivity index is 2.83. The third kappa shape index (κ3) is 3.09. The third-order valence-electron chi connectivity index (χ3n) is 2.72. The maximum atomic E-state index is 12.0. The van der Waals surface area contributed by atoms with Crippen LogP contribution in [0.2, 0.25) is 0 Å². The summed E-state index contributed by atoms with van der Waals surface area (Å²) in [6.07, 6.45) is 2.14. The molecule has 0 saturated heterocycles. The molecule has 16 heavy (non-hydrogen) atoms. The number of rotatable bonds is 4. The largest absolute Gasteiger partial charge is 0.352 e. The molecule has 0 atom stereocenters. The highest BCUT2D eigenvalue weighted by Crippen LogP contribution is 2.16. The van der Waals surface area contributed by atoms with Crippen LogP contribution in [0.15, 0.2) is 12.1 Å². The molecular weight excluding hydrogens is 198 g/mol. The van der Waals surface area contributed by atoms with Crippen LogP contribution in [-0.4, -0.2) is 12.5 Å². The zero-order valence-electron chi connectivity index (χ0n) is 10.7. The summed E-state index contributed by atoms with van der Waals surface area (Å²) in [4.78, 5) is 12.0. The van der Waals surface area contributed by atoms with E-state index >= 15 is 0 Å². The summed E-state index contributed by atoms with van der Waals surface area (Å²) < 4.78 is 0. The van der Waals surface area contributed by atoms with Gasteiger partial charge in [-0.05, 0) is 38.3 Å². The van der Waals surface area contributed by atoms with Gasteiger partial charge < -0.3 is 5.32 Å². The van der Waals surface area contributed by atoms with Gasteiger partial charge in [-0.1, -0.05) is 31.0 Å². The van der Waals surface area contributed by atoms with Crippen LogP contribution in [0.3, 0.4) is 0 Å². The van der Waals surface area contributed by atoms with E-state index in [1.54, 1.807) is 0 Å². The van der Waals surface area contributed by atoms with E-state index in [4.69, 9.17) is 0 Å². The summed E-state index contributed by atoms with van der Waals surface area (Å²) in [7, 11) is 0. The Bertz CT molecular complexity index is 359. The van der Waals surface area contributed by atoms with E-state index in [-0.39, 0.29) is 5.91 Å². The van der Waals surface area contributed by atoms with E-state index in [1.807, 2.05) is 13.8 Å². The molecule has 0 aromatic heterocycles. The minimum Gasteiger partial charge on any atom is -0.352 e. The molecule has 1 N–H and O–H groups in total. The second-order valence-corrected chi connectivity index (χ2v) is 4.38. The molecule has 1 amide bonds. The van der Waals surface area contributed by atoms with Crippen LogP contribution in [0.5, 0.6) is 0 Å². The van der Waals surface area contributed by atoms with Crippen LogP contribution in [-0.2, 0) is 0 Å². The molecule has 0 saturated carbocycles. The molecule has 0 radical (unpaired) electrons. The van der Waals surface area contributed by atoms with E-state index in [2.05, 4.69) is 31.3 Å². The normalized spacial score (nSPS) is 10.2. The van der Waals surface area contributed by atoms with Gasteiger partial charge in [0.25, 0.3) is 5.91 Å². The first-order valence-electron chi connectivity index (χ1n) is 5.92. The van der Waals surface area contributed by atoms with Crippen LogP contribution in [0.25, 0.3) is 0 Å². The molecule has 1 rings (SSSR count). The highest BCUT2D eigenvalue weighted by molar-refractivity contribution is 5.97. The fraction of sp³-hybridized carbons (Fsp3) is 0.500. The number of benzene rings is 1. The molecule has 2 nitrogen and oxygen atoms in total. The van der Waals surface area contributed by atoms with Gasteiger partial charge in [-0.2, -0.15) is 0 Å². The SMILES string of the molecule is CCCCNC(=O)c1c(C)cc(C)cc1C. The summed E-state index contributed by atoms with van der Waals surface area (Å²) in [5.41, 5.74) is 4.17. The van der Waals surface area contributed by atoms with Crippen LogP contribution in [0, 0.1) is 20.8 Å². The molecule has 0 spiro atoms. The van der Waals surface area contributed by atoms with Crippen molar-refractivity contribution in [3.05, 3.63) is 34.4 Å². The molecular formula is C14H21NO. The van der Waals surface area contributed by atoms with E-state index in [1.165, 1.54) is 5.56 Å². The molecule has 0 aliphatic heterocycles. The van der Waals surface area contributed by atoms with Gasteiger partial charge in [-0.3, -0.25) is 4.79 Å². The molecule has 88 valence electrons. The first-order valence-corrected chi connectivity index (χ1v) is 5.92. The fourth-order valence-corrected chi connectivity index (χ4v) is 2.01. The predicted molar refractivity (Wildman–Crippen MR) is 67.9 cm³/mol. The average molecular weight is 219 g/mol. The minimum atomic E-state index is 0.0588. The molecule has 1 aromatic rings. The lowest BCUT2D eigenvalue weighted by Gasteiger charge is -2.11. The van der Waals surface area contributed by atoms with Crippen molar-refractivity contribution < 1.29 is 4.79 Å². The van der Waals surface area contributed by atoms with Crippen molar-refractivity contribution in [1.29, 1.82) is 0 Å². The highest BCUT2D eigenvalue weighted by atomic mass is 16.1. The van der Waals surface area contributed by atoms with Gasteiger partial charge in [0.1, 0.15) is 0 Å². The number of unbranched alkanes of at least 4 members (excludes halogenated alkanes) is 1. The highest BCUT2D eigenvalue weighted by Gasteiger charge is 2.11. The molecule has 0 aliphatic carbocycles. The lowest BCUT2D eigenvalue weighted by Crippen LogP contribution is -2.26. The smallest absolute Gasteiger partial charge is 0.251 e. The van der Waals surface area contributed by atoms with Crippen molar-refractivity contribution in [2.45, 2.75) is 40.5 Å². The van der Waals surface area contributed by atoms with Gasteiger partial charge >= 0.3 is 0 Å². The van der Waals surface area contributed by atoms with Gasteiger partial charge in [0, 0.05) is 12.1 Å². The monoisotopic (exact) mass is 219 g/mol. The van der Waals surface area contributed by atoms with Gasteiger partial charge in [0.2, 0.25) is 0 Å². The lowest BCUT2D eigenvalue weighted by molar-refractivity contribution is 0.0952. The second kappa shape index (κ2) is 5.69. The maximum Gasteiger partial charge on any atom is 0.251 e. The number of carbonyl (C=O) groups excluding carboxylic acids is 1. The Hall–Kier alpha value is -1.31. The summed E-state index contributed by atoms with van der Waals surface area (Å²) in [6, 6.07) is 4.11. The lowest BCUT2D eigenvalue weighted by atomic mass is 9.99. The van der Waals surface area contributed by atoms with E-state index in [0.717, 1.165) is 36.1 Å². The number of amides is 1. The molecule has 0 bridgehead atoms. The Kier molecular flexibility index (Phi) is 4.53. The Morgan fingerprint density at radius 2 is 1.75 bits per heavy atom. The Morgan fingerprint density at radius 3 is 2.25 bits per heavy atom. The van der Waals surface area contributed by atoms with Crippen molar-refractivity contribution in [1.82, 2.24) is 5.32 Å². The quantitative estimate of drug-likeness (QED) is 0.774. The van der Waals surface area contributed by atoms with Crippen molar-refractivity contribution in [3.8, 4) is 0 Å². The molecule has 0 fully saturated rings. The van der Waals surface area contributed by atoms with Crippen LogP contribution in [0.4, 0.5) is 0 Å².